The lowest BCUT2D eigenvalue weighted by molar-refractivity contribution is 0.0670. The summed E-state index contributed by atoms with van der Waals surface area (Å²) in [5.41, 5.74) is 6.08. The number of thiazole rings is 1. The topological polar surface area (TPSA) is 62.5 Å². The average molecular weight is 268 g/mol. The normalized spacial score (nSPS) is 21.9. The van der Waals surface area contributed by atoms with E-state index in [1.165, 1.54) is 11.3 Å². The van der Waals surface area contributed by atoms with Crippen LogP contribution in [0.3, 0.4) is 0 Å². The van der Waals surface area contributed by atoms with Crippen molar-refractivity contribution in [3.63, 3.8) is 0 Å². The summed E-state index contributed by atoms with van der Waals surface area (Å²) in [5.74, 6) is 0.0186. The molecular formula is C12H20N4OS. The highest BCUT2D eigenvalue weighted by molar-refractivity contribution is 7.13. The zero-order valence-corrected chi connectivity index (χ0v) is 11.7. The highest BCUT2D eigenvalue weighted by Gasteiger charge is 2.27. The summed E-state index contributed by atoms with van der Waals surface area (Å²) in [6.07, 6.45) is 1.98. The molecule has 1 saturated heterocycles. The Bertz CT molecular complexity index is 420. The van der Waals surface area contributed by atoms with E-state index in [-0.39, 0.29) is 11.9 Å². The molecule has 1 amide bonds. The van der Waals surface area contributed by atoms with Gasteiger partial charge in [0.15, 0.2) is 5.13 Å². The van der Waals surface area contributed by atoms with Gasteiger partial charge in [0.25, 0.3) is 5.91 Å². The molecule has 1 aliphatic heterocycles. The van der Waals surface area contributed by atoms with Gasteiger partial charge in [-0.1, -0.05) is 6.92 Å². The lowest BCUT2D eigenvalue weighted by Gasteiger charge is -2.29. The molecule has 100 valence electrons. The van der Waals surface area contributed by atoms with Crippen molar-refractivity contribution >= 4 is 22.4 Å². The lowest BCUT2D eigenvalue weighted by atomic mass is 10.1. The van der Waals surface area contributed by atoms with Crippen molar-refractivity contribution in [2.45, 2.75) is 25.8 Å². The second kappa shape index (κ2) is 5.67. The van der Waals surface area contributed by atoms with Gasteiger partial charge in [0, 0.05) is 24.5 Å². The number of aromatic nitrogens is 1. The Balaban J connectivity index is 2.16. The number of anilines is 1. The van der Waals surface area contributed by atoms with Crippen molar-refractivity contribution in [1.29, 1.82) is 0 Å². The molecule has 2 heterocycles. The molecule has 6 heteroatoms. The molecule has 1 fully saturated rings. The van der Waals surface area contributed by atoms with Crippen LogP contribution < -0.4 is 5.73 Å². The summed E-state index contributed by atoms with van der Waals surface area (Å²) in [5, 5.41) is 2.21. The highest BCUT2D eigenvalue weighted by atomic mass is 32.1. The number of nitrogen functional groups attached to an aromatic ring is 1. The fraction of sp³-hybridized carbons (Fsp3) is 0.667. The molecular weight excluding hydrogens is 248 g/mol. The van der Waals surface area contributed by atoms with Gasteiger partial charge < -0.3 is 15.5 Å². The molecule has 1 unspecified atom stereocenters. The van der Waals surface area contributed by atoms with Crippen molar-refractivity contribution in [2.24, 2.45) is 0 Å². The first kappa shape index (κ1) is 13.3. The molecule has 0 bridgehead atoms. The number of nitrogens with two attached hydrogens (primary N) is 1. The van der Waals surface area contributed by atoms with E-state index in [2.05, 4.69) is 23.9 Å². The summed E-state index contributed by atoms with van der Waals surface area (Å²) in [6.45, 7) is 4.90. The van der Waals surface area contributed by atoms with Crippen LogP contribution in [0.4, 0.5) is 5.13 Å². The third kappa shape index (κ3) is 2.81. The van der Waals surface area contributed by atoms with E-state index in [1.807, 2.05) is 4.90 Å². The number of hydrogen-bond donors (Lipinski definition) is 1. The van der Waals surface area contributed by atoms with Crippen LogP contribution in [0.25, 0.3) is 0 Å². The first-order valence-corrected chi connectivity index (χ1v) is 7.20. The van der Waals surface area contributed by atoms with Gasteiger partial charge in [0.2, 0.25) is 0 Å². The number of hydrogen-bond acceptors (Lipinski definition) is 5. The Labute approximate surface area is 112 Å². The van der Waals surface area contributed by atoms with Crippen LogP contribution in [0.2, 0.25) is 0 Å². The molecule has 0 radical (unpaired) electrons. The zero-order chi connectivity index (χ0) is 13.1. The van der Waals surface area contributed by atoms with Gasteiger partial charge in [0.1, 0.15) is 5.69 Å². The molecule has 0 saturated carbocycles. The maximum absolute atomic E-state index is 12.4. The molecule has 2 rings (SSSR count). The fourth-order valence-corrected chi connectivity index (χ4v) is 2.93. The van der Waals surface area contributed by atoms with Crippen molar-refractivity contribution in [2.75, 3.05) is 32.4 Å². The van der Waals surface area contributed by atoms with Gasteiger partial charge in [-0.15, -0.1) is 11.3 Å². The zero-order valence-electron chi connectivity index (χ0n) is 10.9. The molecule has 18 heavy (non-hydrogen) atoms. The second-order valence-electron chi connectivity index (χ2n) is 4.75. The maximum atomic E-state index is 12.4. The third-order valence-corrected chi connectivity index (χ3v) is 4.05. The van der Waals surface area contributed by atoms with Crippen molar-refractivity contribution in [3.8, 4) is 0 Å². The van der Waals surface area contributed by atoms with E-state index in [0.29, 0.717) is 10.8 Å². The van der Waals surface area contributed by atoms with E-state index in [0.717, 1.165) is 32.5 Å². The van der Waals surface area contributed by atoms with E-state index in [4.69, 9.17) is 5.73 Å². The number of rotatable bonds is 2. The minimum atomic E-state index is 0.0186. The van der Waals surface area contributed by atoms with Crippen LogP contribution in [0, 0.1) is 0 Å². The maximum Gasteiger partial charge on any atom is 0.273 e. The van der Waals surface area contributed by atoms with Crippen molar-refractivity contribution < 1.29 is 4.79 Å². The fourth-order valence-electron chi connectivity index (χ4n) is 2.39. The van der Waals surface area contributed by atoms with Crippen LogP contribution in [0.1, 0.15) is 30.3 Å². The minimum absolute atomic E-state index is 0.0186. The van der Waals surface area contributed by atoms with E-state index in [9.17, 15) is 4.79 Å². The molecule has 1 atom stereocenters. The molecule has 0 aromatic carbocycles. The second-order valence-corrected chi connectivity index (χ2v) is 5.64. The van der Waals surface area contributed by atoms with E-state index < -0.39 is 0 Å². The molecule has 1 aromatic rings. The van der Waals surface area contributed by atoms with Crippen molar-refractivity contribution in [3.05, 3.63) is 11.1 Å². The molecule has 2 N–H and O–H groups in total. The first-order chi connectivity index (χ1) is 8.61. The molecule has 1 aromatic heterocycles. The highest BCUT2D eigenvalue weighted by Crippen LogP contribution is 2.18. The Hall–Kier alpha value is -1.14. The summed E-state index contributed by atoms with van der Waals surface area (Å²) in [7, 11) is 2.11. The van der Waals surface area contributed by atoms with Gasteiger partial charge in [0.05, 0.1) is 0 Å². The largest absolute Gasteiger partial charge is 0.375 e. The van der Waals surface area contributed by atoms with Crippen LogP contribution in [-0.4, -0.2) is 53.4 Å². The predicted molar refractivity (Wildman–Crippen MR) is 73.8 cm³/mol. The average Bonchev–Trinajstić information content (AvgIpc) is 2.68. The van der Waals surface area contributed by atoms with Gasteiger partial charge in [-0.3, -0.25) is 4.79 Å². The Morgan fingerprint density at radius 3 is 3.00 bits per heavy atom. The summed E-state index contributed by atoms with van der Waals surface area (Å²) < 4.78 is 0. The minimum Gasteiger partial charge on any atom is -0.375 e. The van der Waals surface area contributed by atoms with Crippen molar-refractivity contribution in [1.82, 2.24) is 14.8 Å². The summed E-state index contributed by atoms with van der Waals surface area (Å²) in [4.78, 5) is 20.8. The Kier molecular flexibility index (Phi) is 4.19. The number of carbonyl (C=O) groups is 1. The third-order valence-electron chi connectivity index (χ3n) is 3.38. The number of nitrogens with zero attached hydrogens (tertiary/aromatic N) is 3. The standard InChI is InChI=1S/C12H20N4OS/c1-3-9-7-15(2)5-4-6-16(9)11(17)10-8-18-12(13)14-10/h8-9H,3-7H2,1-2H3,(H2,13,14). The predicted octanol–water partition coefficient (Wildman–Crippen LogP) is 1.28. The Morgan fingerprint density at radius 1 is 1.61 bits per heavy atom. The molecule has 0 spiro atoms. The molecule has 1 aliphatic rings. The van der Waals surface area contributed by atoms with E-state index in [1.54, 1.807) is 5.38 Å². The quantitative estimate of drug-likeness (QED) is 0.877. The van der Waals surface area contributed by atoms with E-state index >= 15 is 0 Å². The van der Waals surface area contributed by atoms with Crippen LogP contribution in [0.15, 0.2) is 5.38 Å². The van der Waals surface area contributed by atoms with Gasteiger partial charge in [-0.25, -0.2) is 4.98 Å². The van der Waals surface area contributed by atoms with Crippen LogP contribution in [-0.2, 0) is 0 Å². The van der Waals surface area contributed by atoms with Crippen LogP contribution in [0.5, 0.6) is 0 Å². The van der Waals surface area contributed by atoms with Crippen LogP contribution >= 0.6 is 11.3 Å². The number of likely N-dealkylation sites (N-methyl/N-ethyl adjacent to an activating group) is 1. The monoisotopic (exact) mass is 268 g/mol. The number of carbonyl (C=O) groups excluding carboxylic acids is 1. The molecule has 5 nitrogen and oxygen atoms in total. The summed E-state index contributed by atoms with van der Waals surface area (Å²) in [6, 6.07) is 0.271. The lowest BCUT2D eigenvalue weighted by Crippen LogP contribution is -2.43. The SMILES string of the molecule is CCC1CN(C)CCCN1C(=O)c1csc(N)n1. The smallest absolute Gasteiger partial charge is 0.273 e. The van der Waals surface area contributed by atoms with Gasteiger partial charge >= 0.3 is 0 Å². The number of amides is 1. The first-order valence-electron chi connectivity index (χ1n) is 6.32. The summed E-state index contributed by atoms with van der Waals surface area (Å²) >= 11 is 1.32. The van der Waals surface area contributed by atoms with Gasteiger partial charge in [-0.05, 0) is 26.4 Å². The van der Waals surface area contributed by atoms with Gasteiger partial charge in [-0.2, -0.15) is 0 Å². The molecule has 0 aliphatic carbocycles. The Morgan fingerprint density at radius 2 is 2.39 bits per heavy atom.